The Bertz CT molecular complexity index is 832. The molecule has 0 aromatic heterocycles. The molecule has 0 saturated carbocycles. The predicted octanol–water partition coefficient (Wildman–Crippen LogP) is 3.46. The summed E-state index contributed by atoms with van der Waals surface area (Å²) in [7, 11) is 1.31. The van der Waals surface area contributed by atoms with E-state index in [4.69, 9.17) is 21.1 Å². The van der Waals surface area contributed by atoms with Gasteiger partial charge in [0, 0.05) is 29.4 Å². The molecule has 1 aromatic carbocycles. The van der Waals surface area contributed by atoms with Crippen molar-refractivity contribution in [3.8, 4) is 0 Å². The number of carboxylic acids is 1. The first-order valence-corrected chi connectivity index (χ1v) is 11.2. The molecule has 2 atom stereocenters. The van der Waals surface area contributed by atoms with Crippen molar-refractivity contribution in [3.63, 3.8) is 0 Å². The smallest absolute Gasteiger partial charge is 0.408 e. The van der Waals surface area contributed by atoms with Crippen LogP contribution in [0.5, 0.6) is 0 Å². The third kappa shape index (κ3) is 7.45. The van der Waals surface area contributed by atoms with Gasteiger partial charge in [-0.25, -0.2) is 14.4 Å². The minimum absolute atomic E-state index is 0.128. The molecule has 0 bridgehead atoms. The molecule has 0 spiro atoms. The molecule has 1 amide bonds. The number of nitrogens with zero attached hydrogens (tertiary/aromatic N) is 1. The number of benzene rings is 1. The van der Waals surface area contributed by atoms with Gasteiger partial charge < -0.3 is 19.9 Å². The Balaban J connectivity index is 2.15. The summed E-state index contributed by atoms with van der Waals surface area (Å²) < 4.78 is 10.0. The SMILES string of the molecule is COC(=O)[C@H](c1ccccc1Cl)N1CCC(SCNC(=O)OC(C)C)/C(=C\C(=O)O)C1. The fourth-order valence-electron chi connectivity index (χ4n) is 3.33. The largest absolute Gasteiger partial charge is 0.478 e. The van der Waals surface area contributed by atoms with Crippen molar-refractivity contribution in [2.45, 2.75) is 37.7 Å². The van der Waals surface area contributed by atoms with Crippen molar-refractivity contribution in [1.82, 2.24) is 10.2 Å². The van der Waals surface area contributed by atoms with Crippen LogP contribution in [0, 0.1) is 0 Å². The van der Waals surface area contributed by atoms with Crippen molar-refractivity contribution in [3.05, 3.63) is 46.5 Å². The number of thioether (sulfide) groups is 1. The van der Waals surface area contributed by atoms with Gasteiger partial charge in [-0.15, -0.1) is 11.8 Å². The van der Waals surface area contributed by atoms with Crippen molar-refractivity contribution in [2.24, 2.45) is 0 Å². The topological polar surface area (TPSA) is 105 Å². The van der Waals surface area contributed by atoms with Crippen LogP contribution in [0.25, 0.3) is 0 Å². The number of aliphatic carboxylic acids is 1. The Hall–Kier alpha value is -2.23. The third-order valence-corrected chi connectivity index (χ3v) is 6.22. The summed E-state index contributed by atoms with van der Waals surface area (Å²) in [6.45, 7) is 4.29. The summed E-state index contributed by atoms with van der Waals surface area (Å²) in [6.07, 6.45) is 1.00. The number of alkyl carbamates (subject to hydrolysis) is 1. The Morgan fingerprint density at radius 3 is 2.68 bits per heavy atom. The zero-order valence-corrected chi connectivity index (χ0v) is 19.2. The van der Waals surface area contributed by atoms with Crippen LogP contribution in [0.1, 0.15) is 31.9 Å². The fraction of sp³-hybridized carbons (Fsp3) is 0.476. The Morgan fingerprint density at radius 1 is 1.35 bits per heavy atom. The first-order chi connectivity index (χ1) is 14.7. The molecule has 170 valence electrons. The maximum atomic E-state index is 12.6. The van der Waals surface area contributed by atoms with Crippen molar-refractivity contribution < 1.29 is 29.0 Å². The van der Waals surface area contributed by atoms with E-state index in [1.165, 1.54) is 18.9 Å². The van der Waals surface area contributed by atoms with Gasteiger partial charge >= 0.3 is 18.0 Å². The average Bonchev–Trinajstić information content (AvgIpc) is 2.70. The van der Waals surface area contributed by atoms with Gasteiger partial charge in [0.15, 0.2) is 0 Å². The quantitative estimate of drug-likeness (QED) is 0.338. The normalized spacial score (nSPS) is 19.1. The Kier molecular flexibility index (Phi) is 9.67. The average molecular weight is 471 g/mol. The predicted molar refractivity (Wildman–Crippen MR) is 119 cm³/mol. The van der Waals surface area contributed by atoms with Gasteiger partial charge in [-0.2, -0.15) is 0 Å². The minimum atomic E-state index is -1.07. The van der Waals surface area contributed by atoms with Gasteiger partial charge in [0.1, 0.15) is 6.04 Å². The lowest BCUT2D eigenvalue weighted by Gasteiger charge is -2.38. The van der Waals surface area contributed by atoms with Crippen LogP contribution >= 0.6 is 23.4 Å². The fourth-order valence-corrected chi connectivity index (χ4v) is 4.60. The van der Waals surface area contributed by atoms with Crippen LogP contribution in [0.3, 0.4) is 0 Å². The maximum Gasteiger partial charge on any atom is 0.408 e. The highest BCUT2D eigenvalue weighted by Gasteiger charge is 2.35. The van der Waals surface area contributed by atoms with Crippen LogP contribution in [-0.2, 0) is 19.1 Å². The van der Waals surface area contributed by atoms with Crippen molar-refractivity contribution in [1.29, 1.82) is 0 Å². The molecular weight excluding hydrogens is 444 g/mol. The second kappa shape index (κ2) is 12.0. The van der Waals surface area contributed by atoms with Gasteiger partial charge in [0.2, 0.25) is 0 Å². The van der Waals surface area contributed by atoms with Gasteiger partial charge in [-0.3, -0.25) is 4.90 Å². The molecule has 1 heterocycles. The molecule has 31 heavy (non-hydrogen) atoms. The number of rotatable bonds is 8. The molecule has 2 rings (SSSR count). The van der Waals surface area contributed by atoms with E-state index in [0.29, 0.717) is 29.1 Å². The Morgan fingerprint density at radius 2 is 2.06 bits per heavy atom. The number of hydrogen-bond donors (Lipinski definition) is 2. The zero-order valence-electron chi connectivity index (χ0n) is 17.7. The molecule has 2 N–H and O–H groups in total. The van der Waals surface area contributed by atoms with E-state index in [2.05, 4.69) is 5.32 Å². The van der Waals surface area contributed by atoms with Gasteiger partial charge in [0.05, 0.1) is 19.1 Å². The van der Waals surface area contributed by atoms with Crippen LogP contribution in [0.4, 0.5) is 4.79 Å². The van der Waals surface area contributed by atoms with E-state index in [1.54, 1.807) is 38.1 Å². The number of likely N-dealkylation sites (tertiary alicyclic amines) is 1. The van der Waals surface area contributed by atoms with Gasteiger partial charge in [0.25, 0.3) is 0 Å². The highest BCUT2D eigenvalue weighted by molar-refractivity contribution is 8.00. The summed E-state index contributed by atoms with van der Waals surface area (Å²) in [5, 5.41) is 12.3. The number of carboxylic acid groups (broad SMARTS) is 1. The summed E-state index contributed by atoms with van der Waals surface area (Å²) >= 11 is 7.74. The lowest BCUT2D eigenvalue weighted by atomic mass is 9.98. The number of esters is 1. The highest BCUT2D eigenvalue weighted by atomic mass is 35.5. The zero-order chi connectivity index (χ0) is 23.0. The molecule has 1 unspecified atom stereocenters. The second-order valence-electron chi connectivity index (χ2n) is 7.19. The molecule has 1 saturated heterocycles. The van der Waals surface area contributed by atoms with Crippen molar-refractivity contribution >= 4 is 41.4 Å². The Labute approximate surface area is 190 Å². The highest BCUT2D eigenvalue weighted by Crippen LogP contribution is 2.35. The standard InChI is InChI=1S/C21H27ClN2O6S/c1-13(2)30-21(28)23-12-31-17-8-9-24(11-14(17)10-18(25)26)19(20(27)29-3)15-6-4-5-7-16(15)22/h4-7,10,13,17,19H,8-9,11-12H2,1-3H3,(H,23,28)(H,25,26)/b14-10-/t17?,19-/m0/s1. The minimum Gasteiger partial charge on any atom is -0.478 e. The summed E-state index contributed by atoms with van der Waals surface area (Å²) in [6, 6.07) is 6.27. The second-order valence-corrected chi connectivity index (χ2v) is 8.79. The molecule has 0 aliphatic carbocycles. The number of amides is 1. The first-order valence-electron chi connectivity index (χ1n) is 9.78. The summed E-state index contributed by atoms with van der Waals surface area (Å²) in [4.78, 5) is 37.5. The van der Waals surface area contributed by atoms with Gasteiger partial charge in [-0.1, -0.05) is 29.8 Å². The number of piperidine rings is 1. The molecule has 0 radical (unpaired) electrons. The maximum absolute atomic E-state index is 12.6. The number of carbonyl (C=O) groups excluding carboxylic acids is 2. The monoisotopic (exact) mass is 470 g/mol. The number of hydrogen-bond acceptors (Lipinski definition) is 7. The number of nitrogens with one attached hydrogen (secondary N) is 1. The molecular formula is C21H27ClN2O6S. The summed E-state index contributed by atoms with van der Waals surface area (Å²) in [5.41, 5.74) is 1.25. The number of carbonyl (C=O) groups is 3. The van der Waals surface area contributed by atoms with Crippen LogP contribution < -0.4 is 5.32 Å². The van der Waals surface area contributed by atoms with E-state index < -0.39 is 24.1 Å². The van der Waals surface area contributed by atoms with E-state index in [-0.39, 0.29) is 23.8 Å². The third-order valence-electron chi connectivity index (χ3n) is 4.62. The number of ether oxygens (including phenoxy) is 2. The lowest BCUT2D eigenvalue weighted by molar-refractivity contribution is -0.147. The summed E-state index contributed by atoms with van der Waals surface area (Å²) in [5.74, 6) is -1.26. The van der Waals surface area contributed by atoms with Crippen molar-refractivity contribution in [2.75, 3.05) is 26.1 Å². The number of halogens is 1. The van der Waals surface area contributed by atoms with Crippen LogP contribution in [-0.4, -0.2) is 65.5 Å². The molecule has 1 aliphatic heterocycles. The molecule has 1 aromatic rings. The van der Waals surface area contributed by atoms with Gasteiger partial charge in [-0.05, 0) is 37.5 Å². The van der Waals surface area contributed by atoms with Crippen LogP contribution in [0.2, 0.25) is 5.02 Å². The van der Waals surface area contributed by atoms with Crippen LogP contribution in [0.15, 0.2) is 35.9 Å². The molecule has 1 fully saturated rings. The van der Waals surface area contributed by atoms with E-state index >= 15 is 0 Å². The van der Waals surface area contributed by atoms with E-state index in [9.17, 15) is 19.5 Å². The van der Waals surface area contributed by atoms with E-state index in [0.717, 1.165) is 6.08 Å². The molecule has 10 heteroatoms. The van der Waals surface area contributed by atoms with E-state index in [1.807, 2.05) is 4.90 Å². The molecule has 8 nitrogen and oxygen atoms in total. The lowest BCUT2D eigenvalue weighted by Crippen LogP contribution is -2.43. The first kappa shape index (κ1) is 25.0. The number of methoxy groups -OCH3 is 1. The molecule has 1 aliphatic rings.